The maximum Gasteiger partial charge on any atom is 0.240 e. The molecular weight excluding hydrogens is 338 g/mol. The van der Waals surface area contributed by atoms with Gasteiger partial charge >= 0.3 is 0 Å². The highest BCUT2D eigenvalue weighted by Gasteiger charge is 2.22. The molecule has 1 aromatic carbocycles. The van der Waals surface area contributed by atoms with E-state index in [0.717, 1.165) is 30.8 Å². The largest absolute Gasteiger partial charge is 0.491 e. The normalized spacial score (nSPS) is 17.5. The number of nitrogens with zero attached hydrogens (tertiary/aromatic N) is 2. The Hall–Kier alpha value is -1.86. The first-order valence-corrected chi connectivity index (χ1v) is 10.1. The van der Waals surface area contributed by atoms with Crippen LogP contribution in [0.1, 0.15) is 31.7 Å². The Morgan fingerprint density at radius 1 is 1.40 bits per heavy atom. The predicted octanol–water partition coefficient (Wildman–Crippen LogP) is 2.52. The van der Waals surface area contributed by atoms with Crippen molar-refractivity contribution in [2.75, 3.05) is 6.54 Å². The van der Waals surface area contributed by atoms with Crippen LogP contribution >= 0.6 is 0 Å². The number of rotatable bonds is 6. The number of aryl methyl sites for hydroxylation is 2. The van der Waals surface area contributed by atoms with Gasteiger partial charge in [-0.1, -0.05) is 0 Å². The van der Waals surface area contributed by atoms with E-state index in [1.807, 2.05) is 27.0 Å². The number of imidazole rings is 1. The van der Waals surface area contributed by atoms with Crippen LogP contribution in [0.4, 0.5) is 0 Å². The first-order valence-electron chi connectivity index (χ1n) is 8.62. The van der Waals surface area contributed by atoms with Crippen LogP contribution in [0.5, 0.6) is 5.75 Å². The Labute approximate surface area is 149 Å². The minimum absolute atomic E-state index is 0.0538. The van der Waals surface area contributed by atoms with E-state index in [1.165, 1.54) is 0 Å². The summed E-state index contributed by atoms with van der Waals surface area (Å²) in [5.74, 6) is 2.02. The number of fused-ring (bicyclic) bond motifs is 1. The fourth-order valence-electron chi connectivity index (χ4n) is 3.08. The van der Waals surface area contributed by atoms with Crippen molar-refractivity contribution in [2.24, 2.45) is 5.92 Å². The predicted molar refractivity (Wildman–Crippen MR) is 96.2 cm³/mol. The summed E-state index contributed by atoms with van der Waals surface area (Å²) in [5, 5.41) is 0. The Morgan fingerprint density at radius 2 is 2.20 bits per heavy atom. The molecule has 0 spiro atoms. The summed E-state index contributed by atoms with van der Waals surface area (Å²) >= 11 is 0. The van der Waals surface area contributed by atoms with Crippen molar-refractivity contribution in [2.45, 2.75) is 51.2 Å². The summed E-state index contributed by atoms with van der Waals surface area (Å²) < 4.78 is 35.7. The summed E-state index contributed by atoms with van der Waals surface area (Å²) in [4.78, 5) is 4.60. The first-order chi connectivity index (χ1) is 11.8. The molecule has 0 radical (unpaired) electrons. The number of nitrogens with one attached hydrogen (secondary N) is 1. The molecular formula is C18H25N3O3S. The van der Waals surface area contributed by atoms with E-state index >= 15 is 0 Å². The SMILES string of the molecule is Cc1cc(S(=O)(=O)NC[C@@H]2CCn3ccnc3C2)ccc1OC(C)C. The zero-order chi connectivity index (χ0) is 18.0. The van der Waals surface area contributed by atoms with E-state index in [1.54, 1.807) is 24.4 Å². The summed E-state index contributed by atoms with van der Waals surface area (Å²) in [6.07, 6.45) is 5.57. The molecule has 0 aliphatic carbocycles. The monoisotopic (exact) mass is 363 g/mol. The van der Waals surface area contributed by atoms with Gasteiger partial charge in [-0.3, -0.25) is 0 Å². The second-order valence-electron chi connectivity index (χ2n) is 6.84. The zero-order valence-electron chi connectivity index (χ0n) is 14.9. The van der Waals surface area contributed by atoms with Gasteiger partial charge in [0.25, 0.3) is 0 Å². The molecule has 7 heteroatoms. The van der Waals surface area contributed by atoms with Gasteiger partial charge in [0.1, 0.15) is 11.6 Å². The van der Waals surface area contributed by atoms with E-state index in [4.69, 9.17) is 4.74 Å². The number of hydrogen-bond donors (Lipinski definition) is 1. The van der Waals surface area contributed by atoms with Gasteiger partial charge in [-0.25, -0.2) is 18.1 Å². The maximum atomic E-state index is 12.6. The minimum Gasteiger partial charge on any atom is -0.491 e. The van der Waals surface area contributed by atoms with Crippen LogP contribution in [0, 0.1) is 12.8 Å². The van der Waals surface area contributed by atoms with Gasteiger partial charge in [0.2, 0.25) is 10.0 Å². The molecule has 3 rings (SSSR count). The highest BCUT2D eigenvalue weighted by molar-refractivity contribution is 7.89. The highest BCUT2D eigenvalue weighted by Crippen LogP contribution is 2.23. The van der Waals surface area contributed by atoms with Crippen LogP contribution in [0.15, 0.2) is 35.5 Å². The lowest BCUT2D eigenvalue weighted by atomic mass is 9.98. The van der Waals surface area contributed by atoms with Gasteiger partial charge in [0.05, 0.1) is 11.0 Å². The maximum absolute atomic E-state index is 12.6. The van der Waals surface area contributed by atoms with Crippen LogP contribution in [-0.4, -0.2) is 30.6 Å². The van der Waals surface area contributed by atoms with Crippen molar-refractivity contribution in [3.05, 3.63) is 42.0 Å². The van der Waals surface area contributed by atoms with E-state index in [0.29, 0.717) is 12.3 Å². The summed E-state index contributed by atoms with van der Waals surface area (Å²) in [6, 6.07) is 4.98. The Kier molecular flexibility index (Phi) is 5.15. The molecule has 0 fully saturated rings. The van der Waals surface area contributed by atoms with Crippen molar-refractivity contribution >= 4 is 10.0 Å². The third-order valence-electron chi connectivity index (χ3n) is 4.43. The number of sulfonamides is 1. The Morgan fingerprint density at radius 3 is 2.92 bits per heavy atom. The Balaban J connectivity index is 1.65. The van der Waals surface area contributed by atoms with Crippen molar-refractivity contribution in [1.82, 2.24) is 14.3 Å². The van der Waals surface area contributed by atoms with Gasteiger partial charge < -0.3 is 9.30 Å². The van der Waals surface area contributed by atoms with Crippen molar-refractivity contribution in [3.63, 3.8) is 0 Å². The summed E-state index contributed by atoms with van der Waals surface area (Å²) in [6.45, 7) is 7.07. The van der Waals surface area contributed by atoms with Crippen molar-refractivity contribution in [3.8, 4) is 5.75 Å². The van der Waals surface area contributed by atoms with Crippen molar-refractivity contribution in [1.29, 1.82) is 0 Å². The highest BCUT2D eigenvalue weighted by atomic mass is 32.2. The van der Waals surface area contributed by atoms with Gasteiger partial charge in [-0.05, 0) is 56.9 Å². The lowest BCUT2D eigenvalue weighted by Gasteiger charge is -2.23. The lowest BCUT2D eigenvalue weighted by molar-refractivity contribution is 0.240. The molecule has 0 saturated heterocycles. The average Bonchev–Trinajstić information content (AvgIpc) is 3.02. The fraction of sp³-hybridized carbons (Fsp3) is 0.500. The van der Waals surface area contributed by atoms with Crippen LogP contribution in [0.25, 0.3) is 0 Å². The lowest BCUT2D eigenvalue weighted by Crippen LogP contribution is -2.33. The van der Waals surface area contributed by atoms with Gasteiger partial charge in [0.15, 0.2) is 0 Å². The molecule has 1 aliphatic rings. The zero-order valence-corrected chi connectivity index (χ0v) is 15.7. The fourth-order valence-corrected chi connectivity index (χ4v) is 4.28. The first kappa shape index (κ1) is 17.9. The Bertz CT molecular complexity index is 843. The molecule has 1 aliphatic heterocycles. The molecule has 1 N–H and O–H groups in total. The number of ether oxygens (including phenoxy) is 1. The smallest absolute Gasteiger partial charge is 0.240 e. The van der Waals surface area contributed by atoms with E-state index < -0.39 is 10.0 Å². The van der Waals surface area contributed by atoms with Crippen LogP contribution in [0.2, 0.25) is 0 Å². The van der Waals surface area contributed by atoms with E-state index in [-0.39, 0.29) is 16.9 Å². The van der Waals surface area contributed by atoms with Gasteiger partial charge in [-0.2, -0.15) is 0 Å². The molecule has 25 heavy (non-hydrogen) atoms. The number of benzene rings is 1. The third kappa shape index (κ3) is 4.22. The molecule has 1 atom stereocenters. The quantitative estimate of drug-likeness (QED) is 0.856. The number of hydrogen-bond acceptors (Lipinski definition) is 4. The third-order valence-corrected chi connectivity index (χ3v) is 5.85. The molecule has 2 aromatic rings. The van der Waals surface area contributed by atoms with Gasteiger partial charge in [-0.15, -0.1) is 0 Å². The molecule has 136 valence electrons. The second kappa shape index (κ2) is 7.17. The molecule has 0 unspecified atom stereocenters. The average molecular weight is 363 g/mol. The number of aromatic nitrogens is 2. The minimum atomic E-state index is -3.52. The molecule has 1 aromatic heterocycles. The standard InChI is InChI=1S/C18H25N3O3S/c1-13(2)24-17-5-4-16(10-14(17)3)25(22,23)20-12-15-6-8-21-9-7-19-18(21)11-15/h4-5,7,9-10,13,15,20H,6,8,11-12H2,1-3H3/t15-/m1/s1. The second-order valence-corrected chi connectivity index (χ2v) is 8.61. The molecule has 0 saturated carbocycles. The topological polar surface area (TPSA) is 73.2 Å². The molecule has 0 amide bonds. The van der Waals surface area contributed by atoms with Gasteiger partial charge in [0, 0.05) is 31.9 Å². The van der Waals surface area contributed by atoms with E-state index in [9.17, 15) is 8.42 Å². The molecule has 6 nitrogen and oxygen atoms in total. The van der Waals surface area contributed by atoms with Crippen molar-refractivity contribution < 1.29 is 13.2 Å². The van der Waals surface area contributed by atoms with E-state index in [2.05, 4.69) is 14.3 Å². The van der Waals surface area contributed by atoms with Crippen LogP contribution < -0.4 is 9.46 Å². The van der Waals surface area contributed by atoms with Crippen LogP contribution in [0.3, 0.4) is 0 Å². The molecule has 0 bridgehead atoms. The molecule has 2 heterocycles. The summed E-state index contributed by atoms with van der Waals surface area (Å²) in [5.41, 5.74) is 0.816. The summed E-state index contributed by atoms with van der Waals surface area (Å²) in [7, 11) is -3.52. The van der Waals surface area contributed by atoms with Crippen LogP contribution in [-0.2, 0) is 23.0 Å².